The second-order valence-electron chi connectivity index (χ2n) is 7.04. The zero-order chi connectivity index (χ0) is 20.9. The average Bonchev–Trinajstić information content (AvgIpc) is 3.37. The predicted molar refractivity (Wildman–Crippen MR) is 113 cm³/mol. The van der Waals surface area contributed by atoms with Crippen molar-refractivity contribution in [2.75, 3.05) is 17.6 Å². The molecule has 1 fully saturated rings. The number of nitrogens with zero attached hydrogens (tertiary/aromatic N) is 3. The first-order valence-electron chi connectivity index (χ1n) is 9.67. The van der Waals surface area contributed by atoms with Crippen LogP contribution in [-0.4, -0.2) is 42.0 Å². The molecule has 7 nitrogen and oxygen atoms in total. The van der Waals surface area contributed by atoms with Crippen LogP contribution in [0.25, 0.3) is 0 Å². The number of amides is 1. The number of hydrogen-bond donors (Lipinski definition) is 1. The van der Waals surface area contributed by atoms with Gasteiger partial charge in [-0.25, -0.2) is 13.4 Å². The van der Waals surface area contributed by atoms with Crippen molar-refractivity contribution in [2.45, 2.75) is 45.1 Å². The number of anilines is 1. The highest BCUT2D eigenvalue weighted by atomic mass is 32.2. The maximum atomic E-state index is 12.7. The number of unbranched alkanes of at least 4 members (excludes halogenated alkanes) is 1. The van der Waals surface area contributed by atoms with Gasteiger partial charge in [0.25, 0.3) is 0 Å². The molecule has 9 heteroatoms. The van der Waals surface area contributed by atoms with Gasteiger partial charge in [-0.15, -0.1) is 11.3 Å². The van der Waals surface area contributed by atoms with Gasteiger partial charge < -0.3 is 5.32 Å². The molecule has 1 aromatic carbocycles. The molecular weight excluding hydrogens is 408 g/mol. The number of hydrogen-bond acceptors (Lipinski definition) is 6. The fourth-order valence-electron chi connectivity index (χ4n) is 3.31. The monoisotopic (exact) mass is 432 g/mol. The molecule has 0 radical (unpaired) electrons. The van der Waals surface area contributed by atoms with Crippen molar-refractivity contribution in [3.8, 4) is 6.07 Å². The summed E-state index contributed by atoms with van der Waals surface area (Å²) in [6, 6.07) is 8.76. The van der Waals surface area contributed by atoms with Crippen LogP contribution < -0.4 is 5.32 Å². The quantitative estimate of drug-likeness (QED) is 0.690. The van der Waals surface area contributed by atoms with Crippen LogP contribution >= 0.6 is 11.3 Å². The van der Waals surface area contributed by atoms with Crippen LogP contribution in [0.3, 0.4) is 0 Å². The van der Waals surface area contributed by atoms with E-state index >= 15 is 0 Å². The minimum Gasteiger partial charge on any atom is -0.301 e. The van der Waals surface area contributed by atoms with Crippen LogP contribution in [0.5, 0.6) is 0 Å². The Morgan fingerprint density at radius 1 is 1.38 bits per heavy atom. The molecule has 1 aromatic heterocycles. The molecule has 1 unspecified atom stereocenters. The molecule has 1 saturated heterocycles. The molecule has 0 bridgehead atoms. The molecule has 1 atom stereocenters. The van der Waals surface area contributed by atoms with E-state index < -0.39 is 16.1 Å². The van der Waals surface area contributed by atoms with E-state index in [0.29, 0.717) is 42.9 Å². The lowest BCUT2D eigenvalue weighted by Crippen LogP contribution is -2.44. The first kappa shape index (κ1) is 21.4. The van der Waals surface area contributed by atoms with Gasteiger partial charge in [-0.3, -0.25) is 4.79 Å². The van der Waals surface area contributed by atoms with Gasteiger partial charge in [0.15, 0.2) is 5.13 Å². The number of benzene rings is 1. The number of carbonyl (C=O) groups excluding carboxylic acids is 1. The van der Waals surface area contributed by atoms with Crippen molar-refractivity contribution in [1.29, 1.82) is 5.26 Å². The Morgan fingerprint density at radius 3 is 2.83 bits per heavy atom. The highest BCUT2D eigenvalue weighted by molar-refractivity contribution is 7.89. The number of carbonyl (C=O) groups is 1. The second-order valence-corrected chi connectivity index (χ2v) is 10.2. The molecule has 0 saturated carbocycles. The maximum absolute atomic E-state index is 12.7. The van der Waals surface area contributed by atoms with Crippen molar-refractivity contribution in [3.63, 3.8) is 0 Å². The molecule has 1 N–H and O–H groups in total. The third-order valence-electron chi connectivity index (χ3n) is 4.86. The molecule has 2 aromatic rings. The van der Waals surface area contributed by atoms with E-state index in [9.17, 15) is 13.2 Å². The van der Waals surface area contributed by atoms with Crippen molar-refractivity contribution in [2.24, 2.45) is 0 Å². The highest BCUT2D eigenvalue weighted by Gasteiger charge is 2.38. The maximum Gasteiger partial charge on any atom is 0.244 e. The van der Waals surface area contributed by atoms with Crippen LogP contribution in [0.1, 0.15) is 48.6 Å². The summed E-state index contributed by atoms with van der Waals surface area (Å²) in [5.74, 6) is -0.235. The molecule has 29 heavy (non-hydrogen) atoms. The third kappa shape index (κ3) is 5.41. The van der Waals surface area contributed by atoms with Crippen LogP contribution in [0.15, 0.2) is 30.5 Å². The fraction of sp³-hybridized carbons (Fsp3) is 0.450. The molecule has 3 rings (SSSR count). The Morgan fingerprint density at radius 2 is 2.14 bits per heavy atom. The molecule has 0 aliphatic carbocycles. The summed E-state index contributed by atoms with van der Waals surface area (Å²) >= 11 is 1.37. The largest absolute Gasteiger partial charge is 0.301 e. The summed E-state index contributed by atoms with van der Waals surface area (Å²) in [4.78, 5) is 17.9. The molecular formula is C20H24N4O3S2. The smallest absolute Gasteiger partial charge is 0.244 e. The fourth-order valence-corrected chi connectivity index (χ4v) is 6.05. The van der Waals surface area contributed by atoms with Crippen molar-refractivity contribution in [1.82, 2.24) is 9.29 Å². The highest BCUT2D eigenvalue weighted by Crippen LogP contribution is 2.26. The zero-order valence-electron chi connectivity index (χ0n) is 16.3. The van der Waals surface area contributed by atoms with E-state index in [1.165, 1.54) is 15.6 Å². The predicted octanol–water partition coefficient (Wildman–Crippen LogP) is 3.14. The number of rotatable bonds is 8. The molecule has 1 aliphatic heterocycles. The van der Waals surface area contributed by atoms with Gasteiger partial charge in [0.05, 0.1) is 17.4 Å². The minimum atomic E-state index is -3.42. The van der Waals surface area contributed by atoms with Crippen molar-refractivity contribution >= 4 is 32.4 Å². The van der Waals surface area contributed by atoms with Crippen LogP contribution in [0, 0.1) is 11.3 Å². The Kier molecular flexibility index (Phi) is 7.00. The van der Waals surface area contributed by atoms with Crippen LogP contribution in [0.4, 0.5) is 5.13 Å². The molecule has 1 aliphatic rings. The summed E-state index contributed by atoms with van der Waals surface area (Å²) in [7, 11) is -3.42. The number of aromatic nitrogens is 1. The third-order valence-corrected chi connectivity index (χ3v) is 7.73. The summed E-state index contributed by atoms with van der Waals surface area (Å²) in [5.41, 5.74) is 1.66. The molecule has 0 spiro atoms. The minimum absolute atomic E-state index is 0.0826. The van der Waals surface area contributed by atoms with Gasteiger partial charge in [0.2, 0.25) is 15.9 Å². The van der Waals surface area contributed by atoms with Gasteiger partial charge >= 0.3 is 0 Å². The van der Waals surface area contributed by atoms with E-state index in [4.69, 9.17) is 5.26 Å². The summed E-state index contributed by atoms with van der Waals surface area (Å²) in [6.07, 6.45) is 4.97. The average molecular weight is 433 g/mol. The van der Waals surface area contributed by atoms with Crippen molar-refractivity contribution in [3.05, 3.63) is 46.5 Å². The summed E-state index contributed by atoms with van der Waals surface area (Å²) < 4.78 is 26.4. The lowest BCUT2D eigenvalue weighted by molar-refractivity contribution is -0.119. The van der Waals surface area contributed by atoms with Gasteiger partial charge in [0, 0.05) is 24.0 Å². The SMILES string of the molecule is CCCCS(=O)(=O)N1CCCC1C(=O)Nc1ncc(Cc2ccc(C#N)cc2)s1. The summed E-state index contributed by atoms with van der Waals surface area (Å²) in [5, 5.41) is 12.1. The first-order valence-corrected chi connectivity index (χ1v) is 12.1. The Balaban J connectivity index is 1.62. The summed E-state index contributed by atoms with van der Waals surface area (Å²) in [6.45, 7) is 2.34. The zero-order valence-corrected chi connectivity index (χ0v) is 17.9. The molecule has 1 amide bonds. The van der Waals surface area contributed by atoms with Crippen LogP contribution in [-0.2, 0) is 21.2 Å². The standard InChI is InChI=1S/C20H24N4O3S2/c1-2-3-11-29(26,27)24-10-4-5-18(24)19(25)23-20-22-14-17(28-20)12-15-6-8-16(13-21)9-7-15/h6-9,14,18H,2-5,10-12H2,1H3,(H,22,23,25). The number of thiazole rings is 1. The number of sulfonamides is 1. The number of nitrogens with one attached hydrogen (secondary N) is 1. The van der Waals surface area contributed by atoms with Gasteiger partial charge in [-0.2, -0.15) is 9.57 Å². The first-order chi connectivity index (χ1) is 13.9. The van der Waals surface area contributed by atoms with E-state index in [1.807, 2.05) is 19.1 Å². The van der Waals surface area contributed by atoms with Crippen LogP contribution in [0.2, 0.25) is 0 Å². The lowest BCUT2D eigenvalue weighted by Gasteiger charge is -2.22. The second kappa shape index (κ2) is 9.48. The van der Waals surface area contributed by atoms with E-state index in [-0.39, 0.29) is 11.7 Å². The molecule has 154 valence electrons. The molecule has 2 heterocycles. The Hall–Kier alpha value is -2.28. The van der Waals surface area contributed by atoms with Gasteiger partial charge in [0.1, 0.15) is 6.04 Å². The van der Waals surface area contributed by atoms with Crippen molar-refractivity contribution < 1.29 is 13.2 Å². The van der Waals surface area contributed by atoms with E-state index in [1.54, 1.807) is 18.3 Å². The topological polar surface area (TPSA) is 103 Å². The van der Waals surface area contributed by atoms with Gasteiger partial charge in [-0.05, 0) is 37.0 Å². The Labute approximate surface area is 175 Å². The number of nitriles is 1. The van der Waals surface area contributed by atoms with E-state index in [0.717, 1.165) is 16.9 Å². The lowest BCUT2D eigenvalue weighted by atomic mass is 10.1. The normalized spacial score (nSPS) is 17.2. The van der Waals surface area contributed by atoms with Gasteiger partial charge in [-0.1, -0.05) is 25.5 Å². The Bertz CT molecular complexity index is 993. The van der Waals surface area contributed by atoms with E-state index in [2.05, 4.69) is 16.4 Å².